The smallest absolute Gasteiger partial charge is 0.226 e. The molecule has 29 heavy (non-hydrogen) atoms. The molecular weight excluding hydrogens is 481 g/mol. The average molecular weight is 511 g/mol. The van der Waals surface area contributed by atoms with Crippen LogP contribution in [0.5, 0.6) is 0 Å². The summed E-state index contributed by atoms with van der Waals surface area (Å²) >= 11 is 0. The van der Waals surface area contributed by atoms with E-state index in [2.05, 4.69) is 27.4 Å². The maximum absolute atomic E-state index is 11.6. The maximum atomic E-state index is 11.6. The van der Waals surface area contributed by atoms with Gasteiger partial charge in [-0.25, -0.2) is 9.98 Å². The molecule has 0 aliphatic carbocycles. The predicted molar refractivity (Wildman–Crippen MR) is 125 cm³/mol. The second-order valence-corrected chi connectivity index (χ2v) is 6.99. The maximum Gasteiger partial charge on any atom is 0.226 e. The molecule has 0 saturated carbocycles. The fourth-order valence-corrected chi connectivity index (χ4v) is 3.39. The largest absolute Gasteiger partial charge is 0.444 e. The Bertz CT molecular complexity index is 785. The Morgan fingerprint density at radius 3 is 2.66 bits per heavy atom. The number of halogens is 1. The van der Waals surface area contributed by atoms with E-state index in [0.29, 0.717) is 24.8 Å². The molecule has 1 aromatic heterocycles. The van der Waals surface area contributed by atoms with E-state index in [0.717, 1.165) is 49.7 Å². The van der Waals surface area contributed by atoms with Gasteiger partial charge in [0.1, 0.15) is 12.0 Å². The van der Waals surface area contributed by atoms with Gasteiger partial charge < -0.3 is 20.0 Å². The lowest BCUT2D eigenvalue weighted by atomic mass is 9.93. The average Bonchev–Trinajstić information content (AvgIpc) is 3.21. The van der Waals surface area contributed by atoms with Crippen molar-refractivity contribution >= 4 is 35.8 Å². The quantitative estimate of drug-likeness (QED) is 0.354. The second-order valence-electron chi connectivity index (χ2n) is 6.99. The summed E-state index contributed by atoms with van der Waals surface area (Å²) in [5, 5.41) is 6.08. The van der Waals surface area contributed by atoms with E-state index in [9.17, 15) is 4.79 Å². The molecule has 1 aromatic carbocycles. The Morgan fingerprint density at radius 1 is 1.28 bits per heavy atom. The van der Waals surface area contributed by atoms with Crippen LogP contribution in [-0.4, -0.2) is 48.4 Å². The van der Waals surface area contributed by atoms with E-state index in [1.807, 2.05) is 30.3 Å². The van der Waals surface area contributed by atoms with E-state index < -0.39 is 0 Å². The Labute approximate surface area is 189 Å². The van der Waals surface area contributed by atoms with Crippen molar-refractivity contribution in [2.45, 2.75) is 32.7 Å². The van der Waals surface area contributed by atoms with Gasteiger partial charge in [-0.1, -0.05) is 18.2 Å². The van der Waals surface area contributed by atoms with Crippen molar-refractivity contribution in [3.63, 3.8) is 0 Å². The third-order valence-electron chi connectivity index (χ3n) is 4.97. The van der Waals surface area contributed by atoms with Crippen molar-refractivity contribution in [1.82, 2.24) is 20.5 Å². The van der Waals surface area contributed by atoms with Gasteiger partial charge in [-0.15, -0.1) is 24.0 Å². The number of piperidine rings is 1. The number of likely N-dealkylation sites (tertiary alicyclic amines) is 1. The fraction of sp³-hybridized carbons (Fsp3) is 0.476. The Morgan fingerprint density at radius 2 is 2.00 bits per heavy atom. The summed E-state index contributed by atoms with van der Waals surface area (Å²) < 4.78 is 5.60. The van der Waals surface area contributed by atoms with Gasteiger partial charge >= 0.3 is 0 Å². The lowest BCUT2D eigenvalue weighted by molar-refractivity contribution is -0.121. The van der Waals surface area contributed by atoms with Gasteiger partial charge in [-0.3, -0.25) is 4.79 Å². The fourth-order valence-electron chi connectivity index (χ4n) is 3.39. The van der Waals surface area contributed by atoms with Crippen molar-refractivity contribution < 1.29 is 9.21 Å². The normalized spacial score (nSPS) is 15.0. The minimum atomic E-state index is 0. The molecule has 0 spiro atoms. The van der Waals surface area contributed by atoms with Crippen molar-refractivity contribution in [2.75, 3.05) is 26.7 Å². The number of aromatic nitrogens is 1. The third-order valence-corrected chi connectivity index (χ3v) is 4.97. The number of rotatable bonds is 6. The summed E-state index contributed by atoms with van der Waals surface area (Å²) in [7, 11) is 1.69. The van der Waals surface area contributed by atoms with Crippen molar-refractivity contribution in [2.24, 2.45) is 10.9 Å². The van der Waals surface area contributed by atoms with Crippen LogP contribution in [0.1, 0.15) is 31.9 Å². The molecule has 7 nitrogen and oxygen atoms in total. The van der Waals surface area contributed by atoms with E-state index in [1.165, 1.54) is 0 Å². The highest BCUT2D eigenvalue weighted by Gasteiger charge is 2.23. The second kappa shape index (κ2) is 11.8. The van der Waals surface area contributed by atoms with Crippen molar-refractivity contribution in [3.8, 4) is 11.5 Å². The van der Waals surface area contributed by atoms with Crippen LogP contribution in [0.2, 0.25) is 0 Å². The van der Waals surface area contributed by atoms with Crippen LogP contribution in [0.15, 0.2) is 46.0 Å². The number of carbonyl (C=O) groups excluding carboxylic acids is 1. The number of aliphatic imine (C=N–C) groups is 1. The van der Waals surface area contributed by atoms with Gasteiger partial charge in [0.25, 0.3) is 0 Å². The topological polar surface area (TPSA) is 82.8 Å². The van der Waals surface area contributed by atoms with Gasteiger partial charge in [0.15, 0.2) is 5.96 Å². The molecule has 0 atom stereocenters. The molecule has 1 aliphatic heterocycles. The van der Waals surface area contributed by atoms with E-state index in [1.54, 1.807) is 13.3 Å². The zero-order chi connectivity index (χ0) is 19.8. The summed E-state index contributed by atoms with van der Waals surface area (Å²) in [6.45, 7) is 5.16. The third kappa shape index (κ3) is 6.73. The summed E-state index contributed by atoms with van der Waals surface area (Å²) in [6.07, 6.45) is 4.28. The number of carbonyl (C=O) groups is 1. The highest BCUT2D eigenvalue weighted by atomic mass is 127. The summed E-state index contributed by atoms with van der Waals surface area (Å²) in [6, 6.07) is 9.86. The minimum Gasteiger partial charge on any atom is -0.444 e. The Hall–Kier alpha value is -2.10. The first-order chi connectivity index (χ1) is 13.7. The summed E-state index contributed by atoms with van der Waals surface area (Å²) in [4.78, 5) is 23.1. The first-order valence-corrected chi connectivity index (χ1v) is 9.93. The molecular formula is C21H30IN5O2. The molecule has 2 N–H and O–H groups in total. The molecule has 158 valence electrons. The first-order valence-electron chi connectivity index (χ1n) is 9.93. The lowest BCUT2D eigenvalue weighted by Crippen LogP contribution is -2.46. The van der Waals surface area contributed by atoms with Crippen LogP contribution in [0, 0.1) is 5.92 Å². The summed E-state index contributed by atoms with van der Waals surface area (Å²) in [5.74, 6) is 2.08. The van der Waals surface area contributed by atoms with Crippen LogP contribution in [0.4, 0.5) is 0 Å². The number of hydrogen-bond acceptors (Lipinski definition) is 4. The zero-order valence-corrected chi connectivity index (χ0v) is 19.4. The molecule has 2 aromatic rings. The van der Waals surface area contributed by atoms with Crippen LogP contribution < -0.4 is 10.6 Å². The van der Waals surface area contributed by atoms with Crippen LogP contribution in [-0.2, 0) is 11.3 Å². The van der Waals surface area contributed by atoms with Crippen LogP contribution in [0.25, 0.3) is 11.5 Å². The van der Waals surface area contributed by atoms with E-state index in [-0.39, 0.29) is 29.9 Å². The number of amides is 1. The number of nitrogens with one attached hydrogen (secondary N) is 2. The molecule has 8 heteroatoms. The van der Waals surface area contributed by atoms with E-state index >= 15 is 0 Å². The zero-order valence-electron chi connectivity index (χ0n) is 17.1. The number of oxazole rings is 1. The highest BCUT2D eigenvalue weighted by molar-refractivity contribution is 14.0. The molecule has 3 rings (SSSR count). The van der Waals surface area contributed by atoms with Crippen molar-refractivity contribution in [1.29, 1.82) is 0 Å². The van der Waals surface area contributed by atoms with Gasteiger partial charge in [-0.05, 0) is 37.8 Å². The molecule has 0 unspecified atom stereocenters. The Balaban J connectivity index is 0.00000300. The minimum absolute atomic E-state index is 0. The van der Waals surface area contributed by atoms with E-state index in [4.69, 9.17) is 9.41 Å². The molecule has 1 aliphatic rings. The summed E-state index contributed by atoms with van der Waals surface area (Å²) in [5.41, 5.74) is 1.77. The lowest BCUT2D eigenvalue weighted by Gasteiger charge is -2.34. The molecule has 0 radical (unpaired) electrons. The Kier molecular flexibility index (Phi) is 9.43. The number of nitrogens with zero attached hydrogens (tertiary/aromatic N) is 3. The van der Waals surface area contributed by atoms with Crippen LogP contribution in [0.3, 0.4) is 0 Å². The monoisotopic (exact) mass is 511 g/mol. The highest BCUT2D eigenvalue weighted by Crippen LogP contribution is 2.21. The van der Waals surface area contributed by atoms with Gasteiger partial charge in [-0.2, -0.15) is 0 Å². The number of hydrogen-bond donors (Lipinski definition) is 2. The molecule has 0 bridgehead atoms. The standard InChI is InChI=1S/C21H29N5O2.HI/c1-3-23-21(26-11-9-16(10-12-26)13-19(27)22-2)24-14-18-15-28-20(25-18)17-7-5-4-6-8-17;/h4-8,15-16H,3,9-14H2,1-2H3,(H,22,27)(H,23,24);1H. The molecule has 1 saturated heterocycles. The first kappa shape index (κ1) is 23.2. The molecule has 2 heterocycles. The molecule has 1 amide bonds. The predicted octanol–water partition coefficient (Wildman–Crippen LogP) is 3.27. The van der Waals surface area contributed by atoms with Gasteiger partial charge in [0.2, 0.25) is 11.8 Å². The molecule has 1 fully saturated rings. The van der Waals surface area contributed by atoms with Crippen LogP contribution >= 0.6 is 24.0 Å². The SMILES string of the molecule is CCNC(=NCc1coc(-c2ccccc2)n1)N1CCC(CC(=O)NC)CC1.I. The number of benzene rings is 1. The van der Waals surface area contributed by atoms with Gasteiger partial charge in [0.05, 0.1) is 6.54 Å². The number of guanidine groups is 1. The van der Waals surface area contributed by atoms with Crippen molar-refractivity contribution in [3.05, 3.63) is 42.3 Å². The van der Waals surface area contributed by atoms with Gasteiger partial charge in [0, 0.05) is 38.7 Å².